The summed E-state index contributed by atoms with van der Waals surface area (Å²) < 4.78 is 16.4. The van der Waals surface area contributed by atoms with Crippen LogP contribution >= 0.6 is 0 Å². The first-order chi connectivity index (χ1) is 17.0. The van der Waals surface area contributed by atoms with Gasteiger partial charge in [0.1, 0.15) is 11.6 Å². The van der Waals surface area contributed by atoms with E-state index in [-0.39, 0.29) is 0 Å². The molecule has 1 fully saturated rings. The van der Waals surface area contributed by atoms with Crippen LogP contribution in [0.3, 0.4) is 0 Å². The molecular weight excluding hydrogens is 440 g/mol. The van der Waals surface area contributed by atoms with E-state index < -0.39 is 0 Å². The molecule has 1 aliphatic carbocycles. The monoisotopic (exact) mass is 478 g/mol. The minimum absolute atomic E-state index is 0.459. The van der Waals surface area contributed by atoms with E-state index in [2.05, 4.69) is 53.9 Å². The molecule has 0 aliphatic heterocycles. The van der Waals surface area contributed by atoms with Crippen LogP contribution in [0.5, 0.6) is 17.2 Å². The first-order valence-corrected chi connectivity index (χ1v) is 12.4. The van der Waals surface area contributed by atoms with Crippen LogP contribution in [-0.4, -0.2) is 53.0 Å². The molecule has 0 amide bonds. The van der Waals surface area contributed by atoms with Gasteiger partial charge in [-0.05, 0) is 50.3 Å². The first kappa shape index (κ1) is 24.9. The minimum Gasteiger partial charge on any atom is -0.496 e. The van der Waals surface area contributed by atoms with Gasteiger partial charge in [-0.25, -0.2) is 4.98 Å². The maximum absolute atomic E-state index is 5.56. The smallest absolute Gasteiger partial charge is 0.164 e. The number of hydrogen-bond acceptors (Lipinski definition) is 7. The fourth-order valence-electron chi connectivity index (χ4n) is 4.96. The van der Waals surface area contributed by atoms with Crippen molar-refractivity contribution in [3.8, 4) is 17.2 Å². The summed E-state index contributed by atoms with van der Waals surface area (Å²) >= 11 is 0. The third kappa shape index (κ3) is 5.90. The topological polar surface area (TPSA) is 67.9 Å². The number of hydrogen-bond donors (Lipinski definition) is 2. The van der Waals surface area contributed by atoms with Crippen molar-refractivity contribution in [1.82, 2.24) is 10.3 Å². The number of ether oxygens (including phenoxy) is 3. The molecule has 0 bridgehead atoms. The lowest BCUT2D eigenvalue weighted by Gasteiger charge is -2.30. The summed E-state index contributed by atoms with van der Waals surface area (Å²) in [7, 11) is 9.15. The lowest BCUT2D eigenvalue weighted by Crippen LogP contribution is -2.31. The van der Waals surface area contributed by atoms with Crippen LogP contribution in [0.1, 0.15) is 31.2 Å². The minimum atomic E-state index is 0.459. The van der Waals surface area contributed by atoms with E-state index in [4.69, 9.17) is 19.2 Å². The van der Waals surface area contributed by atoms with Crippen molar-refractivity contribution in [1.29, 1.82) is 0 Å². The van der Waals surface area contributed by atoms with Gasteiger partial charge in [-0.1, -0.05) is 18.2 Å². The molecule has 7 nitrogen and oxygen atoms in total. The van der Waals surface area contributed by atoms with Gasteiger partial charge < -0.3 is 29.7 Å². The van der Waals surface area contributed by atoms with Crippen LogP contribution in [0.15, 0.2) is 42.5 Å². The fraction of sp³-hybridized carbons (Fsp3) is 0.464. The Balaban J connectivity index is 1.30. The molecule has 188 valence electrons. The Bertz CT molecular complexity index is 1130. The van der Waals surface area contributed by atoms with Crippen molar-refractivity contribution in [3.63, 3.8) is 0 Å². The van der Waals surface area contributed by atoms with E-state index in [0.29, 0.717) is 17.7 Å². The maximum atomic E-state index is 5.56. The van der Waals surface area contributed by atoms with Crippen LogP contribution in [0.4, 0.5) is 11.5 Å². The molecule has 1 heterocycles. The number of nitrogens with zero attached hydrogens (tertiary/aromatic N) is 2. The highest BCUT2D eigenvalue weighted by molar-refractivity contribution is 5.93. The second kappa shape index (κ2) is 11.5. The van der Waals surface area contributed by atoms with Gasteiger partial charge in [-0.15, -0.1) is 0 Å². The van der Waals surface area contributed by atoms with Crippen LogP contribution in [-0.2, 0) is 6.54 Å². The molecule has 4 rings (SSSR count). The molecule has 0 atom stereocenters. The SMILES string of the molecule is COc1cc(OC)c(OC)cc1CNC[C@H]1CC[C@@H](Nc2cc(N(C)C)c3ccccc3n2)CC1. The molecule has 0 unspecified atom stereocenters. The zero-order chi connectivity index (χ0) is 24.8. The van der Waals surface area contributed by atoms with Crippen LogP contribution in [0.2, 0.25) is 0 Å². The number of methoxy groups -OCH3 is 3. The molecule has 2 aromatic carbocycles. The molecule has 1 aliphatic rings. The predicted molar refractivity (Wildman–Crippen MR) is 143 cm³/mol. The number of nitrogens with one attached hydrogen (secondary N) is 2. The van der Waals surface area contributed by atoms with E-state index in [9.17, 15) is 0 Å². The van der Waals surface area contributed by atoms with Crippen molar-refractivity contribution in [3.05, 3.63) is 48.0 Å². The van der Waals surface area contributed by atoms with Crippen molar-refractivity contribution in [2.45, 2.75) is 38.3 Å². The Morgan fingerprint density at radius 2 is 1.57 bits per heavy atom. The third-order valence-electron chi connectivity index (χ3n) is 6.91. The summed E-state index contributed by atoms with van der Waals surface area (Å²) in [6, 6.07) is 14.8. The van der Waals surface area contributed by atoms with Gasteiger partial charge in [0.25, 0.3) is 0 Å². The second-order valence-electron chi connectivity index (χ2n) is 9.45. The van der Waals surface area contributed by atoms with Crippen LogP contribution in [0, 0.1) is 5.92 Å². The Hall–Kier alpha value is -3.19. The van der Waals surface area contributed by atoms with Gasteiger partial charge in [-0.3, -0.25) is 0 Å². The fourth-order valence-corrected chi connectivity index (χ4v) is 4.96. The highest BCUT2D eigenvalue weighted by Crippen LogP contribution is 2.35. The molecule has 3 aromatic rings. The van der Waals surface area contributed by atoms with E-state index in [1.165, 1.54) is 23.9 Å². The molecule has 0 saturated heterocycles. The third-order valence-corrected chi connectivity index (χ3v) is 6.91. The first-order valence-electron chi connectivity index (χ1n) is 12.4. The van der Waals surface area contributed by atoms with Gasteiger partial charge in [0.15, 0.2) is 11.5 Å². The maximum Gasteiger partial charge on any atom is 0.164 e. The van der Waals surface area contributed by atoms with E-state index >= 15 is 0 Å². The number of para-hydroxylation sites is 1. The summed E-state index contributed by atoms with van der Waals surface area (Å²) in [6.45, 7) is 1.72. The lowest BCUT2D eigenvalue weighted by atomic mass is 9.86. The Kier molecular flexibility index (Phi) is 8.18. The average molecular weight is 479 g/mol. The van der Waals surface area contributed by atoms with Gasteiger partial charge >= 0.3 is 0 Å². The highest BCUT2D eigenvalue weighted by atomic mass is 16.5. The zero-order valence-electron chi connectivity index (χ0n) is 21.6. The summed E-state index contributed by atoms with van der Waals surface area (Å²) in [5, 5.41) is 8.52. The number of fused-ring (bicyclic) bond motifs is 1. The number of aromatic nitrogens is 1. The molecule has 7 heteroatoms. The van der Waals surface area contributed by atoms with Gasteiger partial charge in [0.05, 0.1) is 26.8 Å². The molecule has 35 heavy (non-hydrogen) atoms. The average Bonchev–Trinajstić information content (AvgIpc) is 2.88. The van der Waals surface area contributed by atoms with Crippen molar-refractivity contribution < 1.29 is 14.2 Å². The molecule has 1 aromatic heterocycles. The van der Waals surface area contributed by atoms with Gasteiger partial charge in [0, 0.05) is 55.5 Å². The van der Waals surface area contributed by atoms with Crippen molar-refractivity contribution in [2.24, 2.45) is 5.92 Å². The largest absolute Gasteiger partial charge is 0.496 e. The van der Waals surface area contributed by atoms with Gasteiger partial charge in [0.2, 0.25) is 0 Å². The van der Waals surface area contributed by atoms with E-state index in [1.54, 1.807) is 21.3 Å². The highest BCUT2D eigenvalue weighted by Gasteiger charge is 2.22. The standard InChI is InChI=1S/C28H38N4O3/c1-32(2)24-15-28(31-23-9-7-6-8-22(23)24)30-21-12-10-19(11-13-21)17-29-18-20-14-26(34-4)27(35-5)16-25(20)33-3/h6-9,14-16,19,21,29H,10-13,17-18H2,1-5H3,(H,30,31)/t19-,21+. The molecule has 0 radical (unpaired) electrons. The van der Waals surface area contributed by atoms with Gasteiger partial charge in [-0.2, -0.15) is 0 Å². The normalized spacial score (nSPS) is 17.7. The summed E-state index contributed by atoms with van der Waals surface area (Å²) in [5.74, 6) is 3.84. The van der Waals surface area contributed by atoms with E-state index in [1.807, 2.05) is 18.2 Å². The number of rotatable bonds is 10. The number of benzene rings is 2. The second-order valence-corrected chi connectivity index (χ2v) is 9.45. The van der Waals surface area contributed by atoms with Crippen LogP contribution < -0.4 is 29.7 Å². The predicted octanol–water partition coefficient (Wildman–Crippen LogP) is 5.09. The van der Waals surface area contributed by atoms with Crippen molar-refractivity contribution >= 4 is 22.4 Å². The van der Waals surface area contributed by atoms with Crippen LogP contribution in [0.25, 0.3) is 10.9 Å². The molecule has 0 spiro atoms. The quantitative estimate of drug-likeness (QED) is 0.421. The Morgan fingerprint density at radius 3 is 2.26 bits per heavy atom. The molecule has 2 N–H and O–H groups in total. The molecular formula is C28H38N4O3. The number of anilines is 2. The lowest BCUT2D eigenvalue weighted by molar-refractivity contribution is 0.322. The summed E-state index contributed by atoms with van der Waals surface area (Å²) in [4.78, 5) is 7.03. The Morgan fingerprint density at radius 1 is 0.886 bits per heavy atom. The van der Waals surface area contributed by atoms with E-state index in [0.717, 1.165) is 54.3 Å². The number of pyridine rings is 1. The Labute approximate surface area is 208 Å². The van der Waals surface area contributed by atoms with Crippen molar-refractivity contribution in [2.75, 3.05) is 52.2 Å². The summed E-state index contributed by atoms with van der Waals surface area (Å²) in [6.07, 6.45) is 4.69. The summed E-state index contributed by atoms with van der Waals surface area (Å²) in [5.41, 5.74) is 3.30. The molecule has 1 saturated carbocycles. The zero-order valence-corrected chi connectivity index (χ0v) is 21.6.